The van der Waals surface area contributed by atoms with Crippen LogP contribution < -0.4 is 10.6 Å². The molecule has 0 spiro atoms. The zero-order valence-corrected chi connectivity index (χ0v) is 14.6. The molecule has 2 aromatic carbocycles. The first-order valence-electron chi connectivity index (χ1n) is 8.38. The molecule has 0 aliphatic heterocycles. The molecule has 2 N–H and O–H groups in total. The van der Waals surface area contributed by atoms with Crippen LogP contribution in [0.5, 0.6) is 0 Å². The maximum atomic E-state index is 13.0. The van der Waals surface area contributed by atoms with E-state index < -0.39 is 17.5 Å². The zero-order valence-electron chi connectivity index (χ0n) is 14.6. The summed E-state index contributed by atoms with van der Waals surface area (Å²) in [6.45, 7) is 2.28. The van der Waals surface area contributed by atoms with Gasteiger partial charge in [-0.05, 0) is 32.0 Å². The van der Waals surface area contributed by atoms with Gasteiger partial charge in [0.15, 0.2) is 5.69 Å². The molecular formula is C19H18F3N3O2. The molecule has 27 heavy (non-hydrogen) atoms. The van der Waals surface area contributed by atoms with E-state index in [9.17, 15) is 23.2 Å². The highest BCUT2D eigenvalue weighted by Crippen LogP contribution is 2.32. The Bertz CT molecular complexity index is 992. The molecule has 3 aromatic rings. The Kier molecular flexibility index (Phi) is 4.93. The van der Waals surface area contributed by atoms with E-state index in [1.54, 1.807) is 24.3 Å². The normalized spacial score (nSPS) is 11.9. The maximum absolute atomic E-state index is 13.0. The summed E-state index contributed by atoms with van der Waals surface area (Å²) in [7, 11) is 0. The van der Waals surface area contributed by atoms with Crippen molar-refractivity contribution in [3.8, 4) is 0 Å². The molecule has 3 rings (SSSR count). The molecule has 8 heteroatoms. The summed E-state index contributed by atoms with van der Waals surface area (Å²) >= 11 is 0. The molecule has 142 valence electrons. The average molecular weight is 377 g/mol. The fraction of sp³-hybridized carbons (Fsp3) is 0.263. The molecule has 1 heterocycles. The van der Waals surface area contributed by atoms with E-state index in [1.165, 1.54) is 6.07 Å². The number of fused-ring (bicyclic) bond motifs is 1. The molecule has 0 radical (unpaired) electrons. The lowest BCUT2D eigenvalue weighted by Gasteiger charge is -2.07. The summed E-state index contributed by atoms with van der Waals surface area (Å²) in [5.74, 6) is -0.425. The molecule has 0 atom stereocenters. The lowest BCUT2D eigenvalue weighted by molar-refractivity contribution is -0.670. The summed E-state index contributed by atoms with van der Waals surface area (Å²) in [5.41, 5.74) is 5.74. The van der Waals surface area contributed by atoms with Gasteiger partial charge in [0.05, 0.1) is 17.5 Å². The predicted octanol–water partition coefficient (Wildman–Crippen LogP) is 3.18. The first-order valence-corrected chi connectivity index (χ1v) is 8.38. The fourth-order valence-corrected chi connectivity index (χ4v) is 2.95. The third-order valence-corrected chi connectivity index (χ3v) is 4.37. The van der Waals surface area contributed by atoms with Gasteiger partial charge in [0.2, 0.25) is 5.78 Å². The Balaban J connectivity index is 2.22. The van der Waals surface area contributed by atoms with Crippen LogP contribution in [0.25, 0.3) is 10.9 Å². The quantitative estimate of drug-likeness (QED) is 0.422. The second-order valence-corrected chi connectivity index (χ2v) is 6.31. The van der Waals surface area contributed by atoms with Crippen molar-refractivity contribution in [1.29, 1.82) is 0 Å². The SMILES string of the molecule is Cc1ccc(C(=O)c2c3ccc(C(F)(F)F)cc3[n+]([O-])n2CCCN)cc1. The van der Waals surface area contributed by atoms with Crippen molar-refractivity contribution in [2.24, 2.45) is 5.73 Å². The molecule has 5 nitrogen and oxygen atoms in total. The monoisotopic (exact) mass is 377 g/mol. The van der Waals surface area contributed by atoms with Crippen LogP contribution >= 0.6 is 0 Å². The zero-order chi connectivity index (χ0) is 19.8. The van der Waals surface area contributed by atoms with Gasteiger partial charge < -0.3 is 10.9 Å². The van der Waals surface area contributed by atoms with Gasteiger partial charge in [0, 0.05) is 11.6 Å². The van der Waals surface area contributed by atoms with Crippen LogP contribution in [-0.2, 0) is 12.7 Å². The van der Waals surface area contributed by atoms with Crippen molar-refractivity contribution in [2.45, 2.75) is 26.1 Å². The van der Waals surface area contributed by atoms with Crippen LogP contribution in [0.15, 0.2) is 42.5 Å². The number of rotatable bonds is 5. The molecule has 0 saturated heterocycles. The Morgan fingerprint density at radius 2 is 1.85 bits per heavy atom. The third kappa shape index (κ3) is 3.52. The minimum absolute atomic E-state index is 0.0611. The van der Waals surface area contributed by atoms with Crippen LogP contribution in [0.1, 0.15) is 33.6 Å². The smallest absolute Gasteiger partial charge is 0.416 e. The summed E-state index contributed by atoms with van der Waals surface area (Å²) in [6, 6.07) is 9.60. The molecule has 0 saturated carbocycles. The third-order valence-electron chi connectivity index (χ3n) is 4.37. The minimum atomic E-state index is -4.58. The first kappa shape index (κ1) is 18.9. The highest BCUT2D eigenvalue weighted by Gasteiger charge is 2.34. The van der Waals surface area contributed by atoms with Gasteiger partial charge in [-0.15, -0.1) is 4.68 Å². The first-order chi connectivity index (χ1) is 12.7. The Hall–Kier alpha value is -2.87. The van der Waals surface area contributed by atoms with E-state index in [0.29, 0.717) is 16.8 Å². The number of nitrogens with zero attached hydrogens (tertiary/aromatic N) is 2. The van der Waals surface area contributed by atoms with E-state index in [-0.39, 0.29) is 29.7 Å². The van der Waals surface area contributed by atoms with Crippen LogP contribution in [0.3, 0.4) is 0 Å². The number of ketones is 1. The number of halogens is 3. The molecule has 0 fully saturated rings. The number of carbonyl (C=O) groups excluding carboxylic acids is 1. The van der Waals surface area contributed by atoms with Crippen molar-refractivity contribution < 1.29 is 22.8 Å². The fourth-order valence-electron chi connectivity index (χ4n) is 2.95. The number of aryl methyl sites for hydroxylation is 1. The van der Waals surface area contributed by atoms with Crippen molar-refractivity contribution in [2.75, 3.05) is 6.54 Å². The molecule has 0 bridgehead atoms. The molecule has 0 amide bonds. The second kappa shape index (κ2) is 7.03. The summed E-state index contributed by atoms with van der Waals surface area (Å²) in [6.07, 6.45) is -4.18. The number of hydrogen-bond donors (Lipinski definition) is 1. The van der Waals surface area contributed by atoms with E-state index >= 15 is 0 Å². The number of benzene rings is 2. The lowest BCUT2D eigenvalue weighted by Crippen LogP contribution is -2.39. The Morgan fingerprint density at radius 3 is 2.44 bits per heavy atom. The van der Waals surface area contributed by atoms with E-state index in [1.807, 2.05) is 6.92 Å². The van der Waals surface area contributed by atoms with Gasteiger partial charge in [0.1, 0.15) is 0 Å². The second-order valence-electron chi connectivity index (χ2n) is 6.31. The highest BCUT2D eigenvalue weighted by atomic mass is 19.4. The minimum Gasteiger partial charge on any atom is -0.595 e. The number of nitrogens with two attached hydrogens (primary N) is 1. The molecule has 0 aliphatic rings. The van der Waals surface area contributed by atoms with E-state index in [2.05, 4.69) is 0 Å². The number of carbonyl (C=O) groups is 1. The van der Waals surface area contributed by atoms with Gasteiger partial charge in [-0.25, -0.2) is 0 Å². The average Bonchev–Trinajstić information content (AvgIpc) is 2.91. The molecule has 1 aromatic heterocycles. The van der Waals surface area contributed by atoms with Crippen molar-refractivity contribution >= 4 is 16.7 Å². The number of alkyl halides is 3. The van der Waals surface area contributed by atoms with E-state index in [0.717, 1.165) is 22.4 Å². The van der Waals surface area contributed by atoms with Gasteiger partial charge >= 0.3 is 6.18 Å². The summed E-state index contributed by atoms with van der Waals surface area (Å²) < 4.78 is 40.2. The highest BCUT2D eigenvalue weighted by molar-refractivity contribution is 6.14. The van der Waals surface area contributed by atoms with Gasteiger partial charge in [-0.2, -0.15) is 13.2 Å². The molecule has 0 aliphatic carbocycles. The van der Waals surface area contributed by atoms with E-state index in [4.69, 9.17) is 5.73 Å². The standard InChI is InChI=1S/C19H18F3N3O2/c1-12-3-5-13(6-4-12)18(26)17-15-8-7-14(19(20,21)22)11-16(15)25(27)24(17)10-2-9-23/h3-8,11H,2,9-10,23H2,1H3. The van der Waals surface area contributed by atoms with Crippen LogP contribution in [0.4, 0.5) is 13.2 Å². The maximum Gasteiger partial charge on any atom is 0.416 e. The largest absolute Gasteiger partial charge is 0.595 e. The number of hydrogen-bond acceptors (Lipinski definition) is 3. The predicted molar refractivity (Wildman–Crippen MR) is 94.2 cm³/mol. The topological polar surface area (TPSA) is 75.0 Å². The summed E-state index contributed by atoms with van der Waals surface area (Å²) in [5, 5.41) is 12.8. The van der Waals surface area contributed by atoms with Gasteiger partial charge in [-0.1, -0.05) is 34.7 Å². The van der Waals surface area contributed by atoms with Gasteiger partial charge in [-0.3, -0.25) is 4.79 Å². The number of aromatic nitrogens is 2. The van der Waals surface area contributed by atoms with Crippen molar-refractivity contribution in [1.82, 2.24) is 4.68 Å². The molecular weight excluding hydrogens is 359 g/mol. The summed E-state index contributed by atoms with van der Waals surface area (Å²) in [4.78, 5) is 13.4. The Labute approximate surface area is 153 Å². The Morgan fingerprint density at radius 1 is 1.19 bits per heavy atom. The van der Waals surface area contributed by atoms with Crippen LogP contribution in [0.2, 0.25) is 0 Å². The van der Waals surface area contributed by atoms with Crippen molar-refractivity contribution in [3.63, 3.8) is 0 Å². The van der Waals surface area contributed by atoms with Crippen LogP contribution in [-0.4, -0.2) is 17.0 Å². The van der Waals surface area contributed by atoms with Crippen molar-refractivity contribution in [3.05, 3.63) is 70.1 Å². The molecule has 0 unspecified atom stereocenters. The van der Waals surface area contributed by atoms with Gasteiger partial charge in [0.25, 0.3) is 5.52 Å². The van der Waals surface area contributed by atoms with Crippen LogP contribution in [0, 0.1) is 12.1 Å². The lowest BCUT2D eigenvalue weighted by atomic mass is 10.0.